The van der Waals surface area contributed by atoms with Crippen LogP contribution < -0.4 is 16.6 Å². The predicted molar refractivity (Wildman–Crippen MR) is 38.2 cm³/mol. The summed E-state index contributed by atoms with van der Waals surface area (Å²) >= 11 is 0. The van der Waals surface area contributed by atoms with Crippen LogP contribution in [0.4, 0.5) is 0 Å². The highest BCUT2D eigenvalue weighted by atomic mass is 15.5. The fourth-order valence-electron chi connectivity index (χ4n) is 0.299. The van der Waals surface area contributed by atoms with E-state index in [4.69, 9.17) is 5.73 Å². The van der Waals surface area contributed by atoms with E-state index in [0.29, 0.717) is 12.4 Å². The van der Waals surface area contributed by atoms with Crippen LogP contribution in [0.15, 0.2) is 10.2 Å². The molecule has 0 aromatic carbocycles. The average Bonchev–Trinajstić information content (AvgIpc) is 1.91. The van der Waals surface area contributed by atoms with E-state index in [2.05, 4.69) is 27.8 Å². The summed E-state index contributed by atoms with van der Waals surface area (Å²) in [6, 6.07) is 0. The van der Waals surface area contributed by atoms with Crippen molar-refractivity contribution in [1.29, 1.82) is 0 Å². The number of hydrazone groups is 2. The van der Waals surface area contributed by atoms with Gasteiger partial charge < -0.3 is 11.1 Å². The summed E-state index contributed by atoms with van der Waals surface area (Å²) in [6.07, 6.45) is 0. The smallest absolute Gasteiger partial charge is 0.137 e. The summed E-state index contributed by atoms with van der Waals surface area (Å²) in [7, 11) is 1.73. The zero-order chi connectivity index (χ0) is 7.11. The molecule has 0 saturated heterocycles. The highest BCUT2D eigenvalue weighted by molar-refractivity contribution is 5.83. The van der Waals surface area contributed by atoms with Gasteiger partial charge in [0.2, 0.25) is 0 Å². The van der Waals surface area contributed by atoms with Gasteiger partial charge in [-0.2, -0.15) is 10.6 Å². The zero-order valence-corrected chi connectivity index (χ0v) is 5.39. The molecule has 5 heteroatoms. The van der Waals surface area contributed by atoms with E-state index in [1.54, 1.807) is 7.05 Å². The molecule has 0 amide bonds. The third kappa shape index (κ3) is 3.48. The topological polar surface area (TPSA) is 74.8 Å². The Labute approximate surface area is 54.0 Å². The summed E-state index contributed by atoms with van der Waals surface area (Å²) < 4.78 is 0. The molecule has 5 nitrogen and oxygen atoms in total. The molecule has 52 valence electrons. The Hall–Kier alpha value is -1.10. The van der Waals surface area contributed by atoms with Crippen molar-refractivity contribution in [3.05, 3.63) is 0 Å². The second-order valence-electron chi connectivity index (χ2n) is 1.27. The predicted octanol–water partition coefficient (Wildman–Crippen LogP) is -1.32. The number of nitrogens with two attached hydrogens (primary N) is 1. The number of likely N-dealkylation sites (N-methyl/N-ethyl adjacent to an activating group) is 1. The maximum atomic E-state index is 5.23. The van der Waals surface area contributed by atoms with Crippen LogP contribution in [-0.2, 0) is 0 Å². The maximum Gasteiger partial charge on any atom is 0.137 e. The van der Waals surface area contributed by atoms with Crippen molar-refractivity contribution in [1.82, 2.24) is 10.9 Å². The molecule has 0 fully saturated rings. The Balaban J connectivity index is 3.60. The lowest BCUT2D eigenvalue weighted by Crippen LogP contribution is -2.28. The molecule has 4 N–H and O–H groups in total. The van der Waals surface area contributed by atoms with E-state index in [0.717, 1.165) is 0 Å². The van der Waals surface area contributed by atoms with E-state index in [-0.39, 0.29) is 0 Å². The molecule has 0 bridgehead atoms. The first kappa shape index (κ1) is 7.90. The number of nitrogens with one attached hydrogen (secondary N) is 2. The third-order valence-electron chi connectivity index (χ3n) is 0.738. The van der Waals surface area contributed by atoms with Gasteiger partial charge in [-0.05, 0) is 0 Å². The SMILES string of the molecule is C=NN/N=C(/CN)NC. The first-order chi connectivity index (χ1) is 4.35. The second kappa shape index (κ2) is 5.04. The van der Waals surface area contributed by atoms with Crippen LogP contribution in [0.25, 0.3) is 0 Å². The molecule has 0 rings (SSSR count). The van der Waals surface area contributed by atoms with Crippen molar-refractivity contribution in [3.63, 3.8) is 0 Å². The largest absolute Gasteiger partial charge is 0.374 e. The van der Waals surface area contributed by atoms with Crippen LogP contribution >= 0.6 is 0 Å². The van der Waals surface area contributed by atoms with E-state index < -0.39 is 0 Å². The lowest BCUT2D eigenvalue weighted by atomic mass is 10.6. The van der Waals surface area contributed by atoms with Gasteiger partial charge in [0.05, 0.1) is 6.54 Å². The van der Waals surface area contributed by atoms with Gasteiger partial charge in [0.15, 0.2) is 0 Å². The van der Waals surface area contributed by atoms with Gasteiger partial charge in [-0.3, -0.25) is 0 Å². The van der Waals surface area contributed by atoms with Crippen molar-refractivity contribution in [3.8, 4) is 0 Å². The highest BCUT2D eigenvalue weighted by Crippen LogP contribution is 1.63. The van der Waals surface area contributed by atoms with Crippen LogP contribution in [0.5, 0.6) is 0 Å². The standard InChI is InChI=1S/C4H11N5/c1-6-4(3-5)8-9-7-2/h9H,2-3,5H2,1H3,(H,6,8). The molecule has 0 radical (unpaired) electrons. The Kier molecular flexibility index (Phi) is 4.43. The van der Waals surface area contributed by atoms with Gasteiger partial charge in [-0.15, -0.1) is 5.10 Å². The van der Waals surface area contributed by atoms with Gasteiger partial charge in [-0.25, -0.2) is 0 Å². The zero-order valence-electron chi connectivity index (χ0n) is 5.39. The molecule has 9 heavy (non-hydrogen) atoms. The molecule has 0 spiro atoms. The maximum absolute atomic E-state index is 5.23. The van der Waals surface area contributed by atoms with Crippen LogP contribution in [-0.4, -0.2) is 26.1 Å². The third-order valence-corrected chi connectivity index (χ3v) is 0.738. The molecule has 0 aliphatic rings. The minimum absolute atomic E-state index is 0.360. The van der Waals surface area contributed by atoms with Gasteiger partial charge in [0.25, 0.3) is 0 Å². The van der Waals surface area contributed by atoms with E-state index in [1.165, 1.54) is 0 Å². The fourth-order valence-corrected chi connectivity index (χ4v) is 0.299. The molecule has 0 aliphatic carbocycles. The van der Waals surface area contributed by atoms with Crippen molar-refractivity contribution < 1.29 is 0 Å². The lowest BCUT2D eigenvalue weighted by Gasteiger charge is -1.98. The minimum atomic E-state index is 0.360. The van der Waals surface area contributed by atoms with E-state index in [1.807, 2.05) is 0 Å². The number of hydrogen-bond donors (Lipinski definition) is 3. The van der Waals surface area contributed by atoms with Gasteiger partial charge in [0.1, 0.15) is 5.84 Å². The summed E-state index contributed by atoms with van der Waals surface area (Å²) in [6.45, 7) is 3.52. The number of amidine groups is 1. The molecular formula is C4H11N5. The molecular weight excluding hydrogens is 118 g/mol. The van der Waals surface area contributed by atoms with Crippen LogP contribution in [0.3, 0.4) is 0 Å². The van der Waals surface area contributed by atoms with Crippen LogP contribution in [0, 0.1) is 0 Å². The van der Waals surface area contributed by atoms with Gasteiger partial charge in [-0.1, -0.05) is 0 Å². The number of rotatable bonds is 3. The quantitative estimate of drug-likeness (QED) is 0.251. The van der Waals surface area contributed by atoms with E-state index in [9.17, 15) is 0 Å². The van der Waals surface area contributed by atoms with Crippen molar-refractivity contribution in [2.75, 3.05) is 13.6 Å². The molecule has 0 atom stereocenters. The Morgan fingerprint density at radius 1 is 1.78 bits per heavy atom. The first-order valence-corrected chi connectivity index (χ1v) is 2.50. The highest BCUT2D eigenvalue weighted by Gasteiger charge is 1.86. The molecule has 0 aromatic heterocycles. The first-order valence-electron chi connectivity index (χ1n) is 2.50. The summed E-state index contributed by atoms with van der Waals surface area (Å²) in [5.41, 5.74) is 7.54. The number of nitrogens with zero attached hydrogens (tertiary/aromatic N) is 2. The van der Waals surface area contributed by atoms with Crippen molar-refractivity contribution >= 4 is 12.6 Å². The van der Waals surface area contributed by atoms with Crippen molar-refractivity contribution in [2.45, 2.75) is 0 Å². The number of hydrogen-bond acceptors (Lipinski definition) is 4. The second-order valence-corrected chi connectivity index (χ2v) is 1.27. The van der Waals surface area contributed by atoms with Crippen LogP contribution in [0.1, 0.15) is 0 Å². The van der Waals surface area contributed by atoms with Crippen molar-refractivity contribution in [2.24, 2.45) is 15.9 Å². The minimum Gasteiger partial charge on any atom is -0.374 e. The molecule has 0 aromatic rings. The van der Waals surface area contributed by atoms with Crippen LogP contribution in [0.2, 0.25) is 0 Å². The molecule has 0 heterocycles. The average molecular weight is 129 g/mol. The Morgan fingerprint density at radius 3 is 2.78 bits per heavy atom. The van der Waals surface area contributed by atoms with E-state index >= 15 is 0 Å². The lowest BCUT2D eigenvalue weighted by molar-refractivity contribution is 0.800. The van der Waals surface area contributed by atoms with Gasteiger partial charge >= 0.3 is 0 Å². The summed E-state index contributed by atoms with van der Waals surface area (Å²) in [4.78, 5) is 0. The van der Waals surface area contributed by atoms with Gasteiger partial charge in [0, 0.05) is 13.8 Å². The summed E-state index contributed by atoms with van der Waals surface area (Å²) in [5.74, 6) is 0.641. The summed E-state index contributed by atoms with van der Waals surface area (Å²) in [5, 5.41) is 9.73. The molecule has 0 aliphatic heterocycles. The Morgan fingerprint density at radius 2 is 2.44 bits per heavy atom. The normalized spacial score (nSPS) is 10.7. The Bertz CT molecular complexity index is 102. The monoisotopic (exact) mass is 129 g/mol. The molecule has 0 unspecified atom stereocenters. The fraction of sp³-hybridized carbons (Fsp3) is 0.500. The molecule has 0 saturated carbocycles.